The minimum absolute atomic E-state index is 0.170. The summed E-state index contributed by atoms with van der Waals surface area (Å²) >= 11 is 0. The van der Waals surface area contributed by atoms with Crippen LogP contribution in [0.1, 0.15) is 5.56 Å². The summed E-state index contributed by atoms with van der Waals surface area (Å²) in [6.07, 6.45) is 2.42. The van der Waals surface area contributed by atoms with Gasteiger partial charge in [-0.15, -0.1) is 0 Å². The second kappa shape index (κ2) is 6.97. The molecule has 1 heterocycles. The molecule has 1 aliphatic heterocycles. The van der Waals surface area contributed by atoms with E-state index in [9.17, 15) is 13.2 Å². The number of amides is 2. The van der Waals surface area contributed by atoms with E-state index in [1.165, 1.54) is 6.21 Å². The number of hydrogen-bond acceptors (Lipinski definition) is 6. The fraction of sp³-hybridized carbons (Fsp3) is 0.429. The average Bonchev–Trinajstić information content (AvgIpc) is 2.47. The first kappa shape index (κ1) is 17.2. The van der Waals surface area contributed by atoms with Gasteiger partial charge in [-0.3, -0.25) is 0 Å². The van der Waals surface area contributed by atoms with Gasteiger partial charge in [0.05, 0.1) is 11.1 Å². The number of carbonyl (C=O) groups excluding carboxylic acids is 1. The molecule has 1 aromatic rings. The number of nitrogens with two attached hydrogens (primary N) is 1. The predicted octanol–water partition coefficient (Wildman–Crippen LogP) is -0.156. The first-order chi connectivity index (χ1) is 10.8. The zero-order chi connectivity index (χ0) is 17.0. The minimum atomic E-state index is -3.43. The number of hydrazone groups is 1. The molecule has 126 valence electrons. The summed E-state index contributed by atoms with van der Waals surface area (Å²) in [6.45, 7) is 3.55. The van der Waals surface area contributed by atoms with Gasteiger partial charge in [0.2, 0.25) is 0 Å². The maximum atomic E-state index is 12.0. The maximum absolute atomic E-state index is 12.0. The number of nitrogens with zero attached hydrogens (tertiary/aromatic N) is 3. The Kier molecular flexibility index (Phi) is 5.22. The Morgan fingerprint density at radius 2 is 1.96 bits per heavy atom. The van der Waals surface area contributed by atoms with E-state index in [2.05, 4.69) is 27.4 Å². The van der Waals surface area contributed by atoms with E-state index in [4.69, 9.17) is 5.73 Å². The van der Waals surface area contributed by atoms with Gasteiger partial charge in [0.15, 0.2) is 9.84 Å². The summed E-state index contributed by atoms with van der Waals surface area (Å²) in [5, 5.41) is 3.63. The van der Waals surface area contributed by atoms with E-state index < -0.39 is 15.9 Å². The Balaban J connectivity index is 2.31. The molecule has 2 amide bonds. The first-order valence-electron chi connectivity index (χ1n) is 7.13. The lowest BCUT2D eigenvalue weighted by atomic mass is 10.2. The zero-order valence-corrected chi connectivity index (χ0v) is 14.0. The molecule has 0 atom stereocenters. The highest BCUT2D eigenvalue weighted by Gasteiger charge is 2.18. The molecule has 2 rings (SSSR count). The maximum Gasteiger partial charge on any atom is 0.332 e. The lowest BCUT2D eigenvalue weighted by molar-refractivity contribution is 0.249. The topological polar surface area (TPSA) is 108 Å². The molecule has 0 bridgehead atoms. The highest BCUT2D eigenvalue weighted by Crippen LogP contribution is 2.23. The van der Waals surface area contributed by atoms with Crippen molar-refractivity contribution in [3.63, 3.8) is 0 Å². The molecule has 1 saturated heterocycles. The number of primary amides is 1. The van der Waals surface area contributed by atoms with Gasteiger partial charge in [0.25, 0.3) is 0 Å². The van der Waals surface area contributed by atoms with Crippen LogP contribution in [0.5, 0.6) is 0 Å². The molecule has 1 aliphatic rings. The Morgan fingerprint density at radius 3 is 2.52 bits per heavy atom. The minimum Gasteiger partial charge on any atom is -0.369 e. The third-order valence-corrected chi connectivity index (χ3v) is 4.80. The van der Waals surface area contributed by atoms with Crippen molar-refractivity contribution < 1.29 is 13.2 Å². The number of likely N-dealkylation sites (N-methyl/N-ethyl adjacent to an activating group) is 1. The summed E-state index contributed by atoms with van der Waals surface area (Å²) in [4.78, 5) is 15.2. The number of hydrogen-bond donors (Lipinski definition) is 2. The van der Waals surface area contributed by atoms with Crippen LogP contribution >= 0.6 is 0 Å². The quantitative estimate of drug-likeness (QED) is 0.585. The number of carbonyl (C=O) groups is 1. The van der Waals surface area contributed by atoms with Gasteiger partial charge in [-0.05, 0) is 25.2 Å². The van der Waals surface area contributed by atoms with E-state index in [-0.39, 0.29) is 4.90 Å². The summed E-state index contributed by atoms with van der Waals surface area (Å²) in [6, 6.07) is 4.37. The highest BCUT2D eigenvalue weighted by atomic mass is 32.2. The van der Waals surface area contributed by atoms with Gasteiger partial charge in [-0.25, -0.2) is 18.6 Å². The Morgan fingerprint density at radius 1 is 1.30 bits per heavy atom. The lowest BCUT2D eigenvalue weighted by Gasteiger charge is -2.34. The Bertz CT molecular complexity index is 709. The number of benzene rings is 1. The number of nitrogens with one attached hydrogen (secondary N) is 1. The molecule has 9 heteroatoms. The van der Waals surface area contributed by atoms with Gasteiger partial charge in [0.1, 0.15) is 0 Å². The lowest BCUT2D eigenvalue weighted by Crippen LogP contribution is -2.44. The van der Waals surface area contributed by atoms with E-state index in [1.807, 2.05) is 6.07 Å². The van der Waals surface area contributed by atoms with E-state index >= 15 is 0 Å². The third-order valence-electron chi connectivity index (χ3n) is 3.64. The van der Waals surface area contributed by atoms with E-state index in [0.29, 0.717) is 5.56 Å². The van der Waals surface area contributed by atoms with E-state index in [1.54, 1.807) is 12.1 Å². The summed E-state index contributed by atoms with van der Waals surface area (Å²) in [5.41, 5.74) is 8.24. The molecule has 0 saturated carbocycles. The second-order valence-electron chi connectivity index (χ2n) is 5.52. The Hall–Kier alpha value is -2.13. The van der Waals surface area contributed by atoms with Crippen molar-refractivity contribution in [2.45, 2.75) is 4.90 Å². The third kappa shape index (κ3) is 4.67. The number of rotatable bonds is 4. The number of piperazine rings is 1. The molecule has 23 heavy (non-hydrogen) atoms. The molecule has 3 N–H and O–H groups in total. The van der Waals surface area contributed by atoms with Crippen molar-refractivity contribution in [3.05, 3.63) is 23.8 Å². The van der Waals surface area contributed by atoms with Gasteiger partial charge in [0, 0.05) is 43.7 Å². The van der Waals surface area contributed by atoms with Crippen LogP contribution in [0.4, 0.5) is 10.5 Å². The van der Waals surface area contributed by atoms with Crippen LogP contribution in [0.3, 0.4) is 0 Å². The number of anilines is 1. The molecule has 0 unspecified atom stereocenters. The zero-order valence-electron chi connectivity index (χ0n) is 13.2. The van der Waals surface area contributed by atoms with Crippen molar-refractivity contribution >= 4 is 27.8 Å². The van der Waals surface area contributed by atoms with Crippen molar-refractivity contribution in [1.82, 2.24) is 10.3 Å². The van der Waals surface area contributed by atoms with Gasteiger partial charge in [-0.1, -0.05) is 0 Å². The number of sulfone groups is 1. The van der Waals surface area contributed by atoms with Gasteiger partial charge < -0.3 is 15.5 Å². The first-order valence-corrected chi connectivity index (χ1v) is 9.02. The monoisotopic (exact) mass is 339 g/mol. The molecule has 0 spiro atoms. The van der Waals surface area contributed by atoms with Crippen LogP contribution in [-0.2, 0) is 9.84 Å². The molecule has 0 radical (unpaired) electrons. The van der Waals surface area contributed by atoms with Crippen LogP contribution in [0, 0.1) is 0 Å². The molecular formula is C14H21N5O3S. The second-order valence-corrected chi connectivity index (χ2v) is 7.50. The average molecular weight is 339 g/mol. The normalized spacial score (nSPS) is 16.7. The standard InChI is InChI=1S/C14H21N5O3S/c1-18-5-7-19(8-6-18)12-4-3-11(10-16-17-14(15)20)13(9-12)23(2,21)22/h3-4,9-10H,5-8H2,1-2H3,(H3,15,17,20). The molecule has 0 aromatic heterocycles. The van der Waals surface area contributed by atoms with Crippen molar-refractivity contribution in [1.29, 1.82) is 0 Å². The fourth-order valence-corrected chi connectivity index (χ4v) is 3.26. The van der Waals surface area contributed by atoms with Crippen molar-refractivity contribution in [2.24, 2.45) is 10.8 Å². The van der Waals surface area contributed by atoms with Crippen LogP contribution < -0.4 is 16.1 Å². The van der Waals surface area contributed by atoms with Crippen LogP contribution in [0.15, 0.2) is 28.2 Å². The van der Waals surface area contributed by atoms with Crippen molar-refractivity contribution in [3.8, 4) is 0 Å². The largest absolute Gasteiger partial charge is 0.369 e. The Labute approximate surface area is 135 Å². The van der Waals surface area contributed by atoms with Crippen molar-refractivity contribution in [2.75, 3.05) is 44.4 Å². The smallest absolute Gasteiger partial charge is 0.332 e. The predicted molar refractivity (Wildman–Crippen MR) is 89.6 cm³/mol. The molecule has 1 aromatic carbocycles. The summed E-state index contributed by atoms with van der Waals surface area (Å²) in [5.74, 6) is 0. The van der Waals surface area contributed by atoms with Crippen LogP contribution in [0.25, 0.3) is 0 Å². The molecule has 1 fully saturated rings. The highest BCUT2D eigenvalue weighted by molar-refractivity contribution is 7.90. The summed E-state index contributed by atoms with van der Waals surface area (Å²) < 4.78 is 24.1. The molecule has 8 nitrogen and oxygen atoms in total. The fourth-order valence-electron chi connectivity index (χ4n) is 2.38. The van der Waals surface area contributed by atoms with Gasteiger partial charge in [-0.2, -0.15) is 5.10 Å². The van der Waals surface area contributed by atoms with E-state index in [0.717, 1.165) is 38.1 Å². The SMILES string of the molecule is CN1CCN(c2ccc(C=NNC(N)=O)c(S(C)(=O)=O)c2)CC1. The molecular weight excluding hydrogens is 318 g/mol. The number of urea groups is 1. The van der Waals surface area contributed by atoms with Crippen LogP contribution in [-0.4, -0.2) is 65.0 Å². The van der Waals surface area contributed by atoms with Gasteiger partial charge >= 0.3 is 6.03 Å². The van der Waals surface area contributed by atoms with Crippen LogP contribution in [0.2, 0.25) is 0 Å². The molecule has 0 aliphatic carbocycles. The summed E-state index contributed by atoms with van der Waals surface area (Å²) in [7, 11) is -1.37.